The summed E-state index contributed by atoms with van der Waals surface area (Å²) in [5.41, 5.74) is 9.30. The number of nitrogens with two attached hydrogens (primary N) is 1. The Morgan fingerprint density at radius 1 is 0.810 bits per heavy atom. The number of rotatable bonds is 3. The maximum atomic E-state index is 5.79. The van der Waals surface area contributed by atoms with Crippen molar-refractivity contribution in [2.45, 2.75) is 6.92 Å². The molecular weight excluding hydrogens is 260 g/mol. The van der Waals surface area contributed by atoms with E-state index in [9.17, 15) is 0 Å². The largest absolute Gasteiger partial charge is 0.457 e. The fourth-order valence-corrected chi connectivity index (χ4v) is 2.05. The van der Waals surface area contributed by atoms with Crippen molar-refractivity contribution in [2.24, 2.45) is 0 Å². The van der Waals surface area contributed by atoms with Crippen LogP contribution < -0.4 is 10.5 Å². The number of hydrogen-bond donors (Lipinski definition) is 1. The summed E-state index contributed by atoms with van der Waals surface area (Å²) in [6, 6.07) is 21.4. The molecule has 21 heavy (non-hydrogen) atoms. The number of pyridine rings is 1. The van der Waals surface area contributed by atoms with Gasteiger partial charge in [-0.3, -0.25) is 4.98 Å². The summed E-state index contributed by atoms with van der Waals surface area (Å²) in [5, 5.41) is 0. The molecule has 0 amide bonds. The number of hydrogen-bond acceptors (Lipinski definition) is 3. The molecule has 3 aromatic rings. The molecule has 104 valence electrons. The number of aryl methyl sites for hydroxylation is 1. The standard InChI is InChI=1S/C18H16N2O/c1-13-17(19)11-12-18(20-13)14-7-9-16(10-8-14)21-15-5-3-2-4-6-15/h2-12H,19H2,1H3. The average Bonchev–Trinajstić information content (AvgIpc) is 2.52. The van der Waals surface area contributed by atoms with Crippen LogP contribution >= 0.6 is 0 Å². The van der Waals surface area contributed by atoms with Gasteiger partial charge in [0.05, 0.1) is 17.1 Å². The third-order valence-corrected chi connectivity index (χ3v) is 3.26. The summed E-state index contributed by atoms with van der Waals surface area (Å²) in [6.45, 7) is 1.91. The van der Waals surface area contributed by atoms with Gasteiger partial charge in [0.1, 0.15) is 11.5 Å². The van der Waals surface area contributed by atoms with E-state index in [0.717, 1.165) is 28.5 Å². The number of aromatic nitrogens is 1. The van der Waals surface area contributed by atoms with Crippen molar-refractivity contribution in [3.05, 3.63) is 72.4 Å². The first-order chi connectivity index (χ1) is 10.2. The molecule has 0 bridgehead atoms. The minimum absolute atomic E-state index is 0.711. The van der Waals surface area contributed by atoms with E-state index in [2.05, 4.69) is 4.98 Å². The van der Waals surface area contributed by atoms with Gasteiger partial charge in [0, 0.05) is 5.56 Å². The lowest BCUT2D eigenvalue weighted by molar-refractivity contribution is 0.483. The Bertz CT molecular complexity index is 737. The maximum Gasteiger partial charge on any atom is 0.127 e. The van der Waals surface area contributed by atoms with Gasteiger partial charge >= 0.3 is 0 Å². The van der Waals surface area contributed by atoms with Crippen molar-refractivity contribution in [3.63, 3.8) is 0 Å². The van der Waals surface area contributed by atoms with Crippen LogP contribution in [0.15, 0.2) is 66.7 Å². The molecule has 2 N–H and O–H groups in total. The van der Waals surface area contributed by atoms with E-state index in [-0.39, 0.29) is 0 Å². The Hall–Kier alpha value is -2.81. The second kappa shape index (κ2) is 5.67. The zero-order chi connectivity index (χ0) is 14.7. The molecule has 1 aromatic heterocycles. The molecule has 0 aliphatic rings. The SMILES string of the molecule is Cc1nc(-c2ccc(Oc3ccccc3)cc2)ccc1N. The van der Waals surface area contributed by atoms with Gasteiger partial charge < -0.3 is 10.5 Å². The van der Waals surface area contributed by atoms with E-state index in [4.69, 9.17) is 10.5 Å². The zero-order valence-corrected chi connectivity index (χ0v) is 11.8. The molecule has 3 rings (SSSR count). The van der Waals surface area contributed by atoms with Gasteiger partial charge in [0.2, 0.25) is 0 Å². The summed E-state index contributed by atoms with van der Waals surface area (Å²) in [4.78, 5) is 4.49. The molecule has 0 fully saturated rings. The predicted octanol–water partition coefficient (Wildman–Crippen LogP) is 4.43. The number of para-hydroxylation sites is 1. The highest BCUT2D eigenvalue weighted by molar-refractivity contribution is 5.62. The van der Waals surface area contributed by atoms with Crippen molar-refractivity contribution in [1.29, 1.82) is 0 Å². The van der Waals surface area contributed by atoms with Gasteiger partial charge in [-0.2, -0.15) is 0 Å². The smallest absolute Gasteiger partial charge is 0.127 e. The van der Waals surface area contributed by atoms with Crippen LogP contribution in [-0.2, 0) is 0 Å². The van der Waals surface area contributed by atoms with Crippen LogP contribution in [0.5, 0.6) is 11.5 Å². The summed E-state index contributed by atoms with van der Waals surface area (Å²) in [7, 11) is 0. The van der Waals surface area contributed by atoms with Crippen LogP contribution in [0.1, 0.15) is 5.69 Å². The van der Waals surface area contributed by atoms with Crippen LogP contribution in [-0.4, -0.2) is 4.98 Å². The normalized spacial score (nSPS) is 10.3. The number of ether oxygens (including phenoxy) is 1. The van der Waals surface area contributed by atoms with Gasteiger partial charge in [-0.25, -0.2) is 0 Å². The average molecular weight is 276 g/mol. The van der Waals surface area contributed by atoms with E-state index < -0.39 is 0 Å². The molecule has 2 aromatic carbocycles. The van der Waals surface area contributed by atoms with E-state index in [1.54, 1.807) is 0 Å². The third kappa shape index (κ3) is 3.03. The Morgan fingerprint density at radius 3 is 2.14 bits per heavy atom. The first kappa shape index (κ1) is 13.2. The molecule has 3 nitrogen and oxygen atoms in total. The van der Waals surface area contributed by atoms with E-state index in [1.165, 1.54) is 0 Å². The van der Waals surface area contributed by atoms with Crippen LogP contribution in [0.2, 0.25) is 0 Å². The fourth-order valence-electron chi connectivity index (χ4n) is 2.05. The molecule has 0 unspecified atom stereocenters. The Labute approximate surface area is 124 Å². The third-order valence-electron chi connectivity index (χ3n) is 3.26. The molecule has 0 atom stereocenters. The van der Waals surface area contributed by atoms with Crippen LogP contribution in [0.25, 0.3) is 11.3 Å². The molecule has 0 saturated heterocycles. The number of anilines is 1. The highest BCUT2D eigenvalue weighted by Crippen LogP contribution is 2.25. The second-order valence-electron chi connectivity index (χ2n) is 4.81. The van der Waals surface area contributed by atoms with E-state index in [1.807, 2.05) is 73.7 Å². The summed E-state index contributed by atoms with van der Waals surface area (Å²) in [5.74, 6) is 1.63. The molecule has 1 heterocycles. The zero-order valence-electron chi connectivity index (χ0n) is 11.8. The summed E-state index contributed by atoms with van der Waals surface area (Å²) >= 11 is 0. The molecule has 0 aliphatic heterocycles. The quantitative estimate of drug-likeness (QED) is 0.769. The van der Waals surface area contributed by atoms with Gasteiger partial charge in [0.25, 0.3) is 0 Å². The van der Waals surface area contributed by atoms with Crippen LogP contribution in [0, 0.1) is 6.92 Å². The minimum atomic E-state index is 0.711. The van der Waals surface area contributed by atoms with Crippen molar-refractivity contribution in [1.82, 2.24) is 4.98 Å². The Balaban J connectivity index is 1.82. The lowest BCUT2D eigenvalue weighted by atomic mass is 10.1. The Kier molecular flexibility index (Phi) is 3.56. The first-order valence-electron chi connectivity index (χ1n) is 6.79. The molecule has 3 heteroatoms. The maximum absolute atomic E-state index is 5.79. The van der Waals surface area contributed by atoms with Crippen molar-refractivity contribution >= 4 is 5.69 Å². The molecule has 0 radical (unpaired) electrons. The highest BCUT2D eigenvalue weighted by Gasteiger charge is 2.03. The van der Waals surface area contributed by atoms with Crippen molar-refractivity contribution < 1.29 is 4.74 Å². The van der Waals surface area contributed by atoms with Crippen LogP contribution in [0.3, 0.4) is 0 Å². The lowest BCUT2D eigenvalue weighted by Crippen LogP contribution is -1.94. The second-order valence-corrected chi connectivity index (χ2v) is 4.81. The fraction of sp³-hybridized carbons (Fsp3) is 0.0556. The lowest BCUT2D eigenvalue weighted by Gasteiger charge is -2.07. The van der Waals surface area contributed by atoms with Gasteiger partial charge in [-0.1, -0.05) is 18.2 Å². The monoisotopic (exact) mass is 276 g/mol. The molecule has 0 aliphatic carbocycles. The molecule has 0 saturated carbocycles. The van der Waals surface area contributed by atoms with Gasteiger partial charge in [-0.15, -0.1) is 0 Å². The van der Waals surface area contributed by atoms with E-state index >= 15 is 0 Å². The van der Waals surface area contributed by atoms with Crippen LogP contribution in [0.4, 0.5) is 5.69 Å². The number of nitrogen functional groups attached to an aromatic ring is 1. The number of benzene rings is 2. The molecule has 0 spiro atoms. The van der Waals surface area contributed by atoms with Crippen molar-refractivity contribution in [3.8, 4) is 22.8 Å². The van der Waals surface area contributed by atoms with E-state index in [0.29, 0.717) is 5.69 Å². The number of nitrogens with zero attached hydrogens (tertiary/aromatic N) is 1. The minimum Gasteiger partial charge on any atom is -0.457 e. The van der Waals surface area contributed by atoms with Gasteiger partial charge in [0.15, 0.2) is 0 Å². The summed E-state index contributed by atoms with van der Waals surface area (Å²) in [6.07, 6.45) is 0. The first-order valence-corrected chi connectivity index (χ1v) is 6.79. The summed E-state index contributed by atoms with van der Waals surface area (Å²) < 4.78 is 5.77. The van der Waals surface area contributed by atoms with Crippen molar-refractivity contribution in [2.75, 3.05) is 5.73 Å². The highest BCUT2D eigenvalue weighted by atomic mass is 16.5. The Morgan fingerprint density at radius 2 is 1.48 bits per heavy atom. The van der Waals surface area contributed by atoms with Gasteiger partial charge in [-0.05, 0) is 55.5 Å². The molecular formula is C18H16N2O. The predicted molar refractivity (Wildman–Crippen MR) is 85.3 cm³/mol. The topological polar surface area (TPSA) is 48.1 Å².